The van der Waals surface area contributed by atoms with Crippen LogP contribution in [-0.4, -0.2) is 24.3 Å². The van der Waals surface area contributed by atoms with Crippen molar-refractivity contribution in [3.8, 4) is 0 Å². The first-order chi connectivity index (χ1) is 7.39. The van der Waals surface area contributed by atoms with E-state index in [0.717, 1.165) is 10.0 Å². The number of ether oxygens (including phenoxy) is 1. The Morgan fingerprint density at radius 2 is 1.88 bits per heavy atom. The van der Waals surface area contributed by atoms with Crippen molar-refractivity contribution >= 4 is 21.9 Å². The molecule has 1 N–H and O–H groups in total. The monoisotopic (exact) mass is 286 g/mol. The van der Waals surface area contributed by atoms with Crippen molar-refractivity contribution in [3.05, 3.63) is 34.3 Å². The lowest BCUT2D eigenvalue weighted by Gasteiger charge is -2.30. The summed E-state index contributed by atoms with van der Waals surface area (Å²) in [6, 6.07) is 7.59. The maximum atomic E-state index is 11.1. The molecule has 0 aliphatic heterocycles. The number of carboxylic acids is 1. The molecular formula is C12H15BrO3. The van der Waals surface area contributed by atoms with Crippen molar-refractivity contribution in [1.29, 1.82) is 0 Å². The van der Waals surface area contributed by atoms with Crippen LogP contribution in [0.3, 0.4) is 0 Å². The molecule has 1 aromatic rings. The van der Waals surface area contributed by atoms with E-state index in [1.54, 1.807) is 0 Å². The molecule has 0 saturated heterocycles. The van der Waals surface area contributed by atoms with Gasteiger partial charge < -0.3 is 9.84 Å². The lowest BCUT2D eigenvalue weighted by molar-refractivity contribution is -0.152. The summed E-state index contributed by atoms with van der Waals surface area (Å²) < 4.78 is 6.02. The highest BCUT2D eigenvalue weighted by atomic mass is 79.9. The molecule has 4 heteroatoms. The SMILES string of the molecule is COC(C(=O)O)C(C)(C)c1ccc(Br)cc1. The Labute approximate surface area is 104 Å². The van der Waals surface area contributed by atoms with Crippen molar-refractivity contribution < 1.29 is 14.6 Å². The molecule has 0 heterocycles. The van der Waals surface area contributed by atoms with E-state index in [1.807, 2.05) is 38.1 Å². The molecule has 1 rings (SSSR count). The smallest absolute Gasteiger partial charge is 0.333 e. The Bertz CT molecular complexity index is 370. The third-order valence-corrected chi connectivity index (χ3v) is 3.23. The molecule has 0 aliphatic carbocycles. The van der Waals surface area contributed by atoms with Crippen molar-refractivity contribution in [3.63, 3.8) is 0 Å². The molecule has 1 aromatic carbocycles. The Balaban J connectivity index is 3.08. The molecule has 16 heavy (non-hydrogen) atoms. The third-order valence-electron chi connectivity index (χ3n) is 2.70. The maximum Gasteiger partial charge on any atom is 0.333 e. The molecule has 1 unspecified atom stereocenters. The molecular weight excluding hydrogens is 272 g/mol. The first-order valence-corrected chi connectivity index (χ1v) is 5.70. The Kier molecular flexibility index (Phi) is 4.10. The van der Waals surface area contributed by atoms with Crippen LogP contribution in [0.2, 0.25) is 0 Å². The molecule has 0 bridgehead atoms. The molecule has 3 nitrogen and oxygen atoms in total. The number of carbonyl (C=O) groups is 1. The van der Waals surface area contributed by atoms with Crippen LogP contribution in [0.4, 0.5) is 0 Å². The van der Waals surface area contributed by atoms with Crippen LogP contribution in [0, 0.1) is 0 Å². The van der Waals surface area contributed by atoms with Crippen LogP contribution in [0.15, 0.2) is 28.7 Å². The van der Waals surface area contributed by atoms with Crippen molar-refractivity contribution in [2.75, 3.05) is 7.11 Å². The number of aliphatic carboxylic acids is 1. The fraction of sp³-hybridized carbons (Fsp3) is 0.417. The molecule has 0 aromatic heterocycles. The maximum absolute atomic E-state index is 11.1. The van der Waals surface area contributed by atoms with Gasteiger partial charge in [0.05, 0.1) is 0 Å². The molecule has 0 amide bonds. The van der Waals surface area contributed by atoms with E-state index in [-0.39, 0.29) is 0 Å². The summed E-state index contributed by atoms with van der Waals surface area (Å²) in [5.74, 6) is -0.949. The lowest BCUT2D eigenvalue weighted by Crippen LogP contribution is -2.41. The summed E-state index contributed by atoms with van der Waals surface area (Å²) in [6.45, 7) is 3.72. The van der Waals surface area contributed by atoms with Crippen molar-refractivity contribution in [2.45, 2.75) is 25.4 Å². The zero-order valence-electron chi connectivity index (χ0n) is 9.53. The Morgan fingerprint density at radius 1 is 1.38 bits per heavy atom. The first kappa shape index (κ1) is 13.2. The minimum Gasteiger partial charge on any atom is -0.479 e. The summed E-state index contributed by atoms with van der Waals surface area (Å²) in [6.07, 6.45) is -0.853. The summed E-state index contributed by atoms with van der Waals surface area (Å²) in [7, 11) is 1.42. The van der Waals surface area contributed by atoms with Gasteiger partial charge in [-0.1, -0.05) is 41.9 Å². The predicted octanol–water partition coefficient (Wildman–Crippen LogP) is 2.83. The first-order valence-electron chi connectivity index (χ1n) is 4.91. The number of carboxylic acid groups (broad SMARTS) is 1. The van der Waals surface area contributed by atoms with Gasteiger partial charge in [-0.3, -0.25) is 0 Å². The highest BCUT2D eigenvalue weighted by Gasteiger charge is 2.36. The normalized spacial score (nSPS) is 13.5. The van der Waals surface area contributed by atoms with Gasteiger partial charge in [0, 0.05) is 17.0 Å². The third kappa shape index (κ3) is 2.62. The van der Waals surface area contributed by atoms with Gasteiger partial charge in [-0.05, 0) is 17.7 Å². The number of methoxy groups -OCH3 is 1. The van der Waals surface area contributed by atoms with Gasteiger partial charge in [-0.15, -0.1) is 0 Å². The van der Waals surface area contributed by atoms with Crippen LogP contribution in [0.5, 0.6) is 0 Å². The zero-order valence-corrected chi connectivity index (χ0v) is 11.1. The zero-order chi connectivity index (χ0) is 12.3. The number of benzene rings is 1. The molecule has 1 atom stereocenters. The van der Waals surface area contributed by atoms with E-state index in [0.29, 0.717) is 0 Å². The molecule has 0 fully saturated rings. The standard InChI is InChI=1S/C12H15BrO3/c1-12(2,10(16-3)11(14)15)8-4-6-9(13)7-5-8/h4-7,10H,1-3H3,(H,14,15). The quantitative estimate of drug-likeness (QED) is 0.926. The summed E-state index contributed by atoms with van der Waals surface area (Å²) in [5.41, 5.74) is 0.367. The van der Waals surface area contributed by atoms with E-state index in [2.05, 4.69) is 15.9 Å². The highest BCUT2D eigenvalue weighted by molar-refractivity contribution is 9.10. The number of rotatable bonds is 4. The number of halogens is 1. The molecule has 0 radical (unpaired) electrons. The predicted molar refractivity (Wildman–Crippen MR) is 65.6 cm³/mol. The summed E-state index contributed by atoms with van der Waals surface area (Å²) >= 11 is 3.35. The van der Waals surface area contributed by atoms with Gasteiger partial charge in [0.2, 0.25) is 0 Å². The van der Waals surface area contributed by atoms with Gasteiger partial charge in [0.25, 0.3) is 0 Å². The second-order valence-corrected chi connectivity index (χ2v) is 5.10. The summed E-state index contributed by atoms with van der Waals surface area (Å²) in [4.78, 5) is 11.1. The van der Waals surface area contributed by atoms with Crippen LogP contribution in [0.1, 0.15) is 19.4 Å². The summed E-state index contributed by atoms with van der Waals surface area (Å²) in [5, 5.41) is 9.09. The minimum absolute atomic E-state index is 0.568. The van der Waals surface area contributed by atoms with Gasteiger partial charge in [-0.2, -0.15) is 0 Å². The van der Waals surface area contributed by atoms with E-state index in [1.165, 1.54) is 7.11 Å². The fourth-order valence-corrected chi connectivity index (χ4v) is 2.00. The lowest BCUT2D eigenvalue weighted by atomic mass is 9.79. The average molecular weight is 287 g/mol. The fourth-order valence-electron chi connectivity index (χ4n) is 1.73. The Morgan fingerprint density at radius 3 is 2.25 bits per heavy atom. The number of hydrogen-bond donors (Lipinski definition) is 1. The second-order valence-electron chi connectivity index (χ2n) is 4.18. The molecule has 0 saturated carbocycles. The highest BCUT2D eigenvalue weighted by Crippen LogP contribution is 2.30. The van der Waals surface area contributed by atoms with Crippen molar-refractivity contribution in [2.24, 2.45) is 0 Å². The van der Waals surface area contributed by atoms with Crippen LogP contribution in [-0.2, 0) is 14.9 Å². The minimum atomic E-state index is -0.949. The van der Waals surface area contributed by atoms with Crippen LogP contribution in [0.25, 0.3) is 0 Å². The second kappa shape index (κ2) is 4.97. The van der Waals surface area contributed by atoms with Crippen LogP contribution < -0.4 is 0 Å². The van der Waals surface area contributed by atoms with Gasteiger partial charge >= 0.3 is 5.97 Å². The largest absolute Gasteiger partial charge is 0.479 e. The van der Waals surface area contributed by atoms with Gasteiger partial charge in [-0.25, -0.2) is 4.79 Å². The topological polar surface area (TPSA) is 46.5 Å². The van der Waals surface area contributed by atoms with E-state index < -0.39 is 17.5 Å². The van der Waals surface area contributed by atoms with E-state index in [9.17, 15) is 4.79 Å². The Hall–Kier alpha value is -0.870. The van der Waals surface area contributed by atoms with E-state index in [4.69, 9.17) is 9.84 Å². The van der Waals surface area contributed by atoms with Gasteiger partial charge in [0.1, 0.15) is 0 Å². The van der Waals surface area contributed by atoms with Gasteiger partial charge in [0.15, 0.2) is 6.10 Å². The van der Waals surface area contributed by atoms with E-state index >= 15 is 0 Å². The number of hydrogen-bond acceptors (Lipinski definition) is 2. The average Bonchev–Trinajstić information content (AvgIpc) is 2.18. The molecule has 0 spiro atoms. The molecule has 88 valence electrons. The van der Waals surface area contributed by atoms with Crippen LogP contribution >= 0.6 is 15.9 Å². The molecule has 0 aliphatic rings. The van der Waals surface area contributed by atoms with Crippen molar-refractivity contribution in [1.82, 2.24) is 0 Å².